The second-order valence-corrected chi connectivity index (χ2v) is 2.57. The average Bonchev–Trinajstić information content (AvgIpc) is 2.21. The van der Waals surface area contributed by atoms with Crippen molar-refractivity contribution in [2.45, 2.75) is 13.3 Å². The molecule has 4 heteroatoms. The molecular weight excluding hydrogens is 182 g/mol. The molecule has 80 valence electrons. The quantitative estimate of drug-likeness (QED) is 0.448. The second kappa shape index (κ2) is 10.0. The molecule has 0 aromatic heterocycles. The van der Waals surface area contributed by atoms with Gasteiger partial charge in [-0.2, -0.15) is 0 Å². The normalized spacial score (nSPS) is 9.43. The van der Waals surface area contributed by atoms with E-state index in [2.05, 4.69) is 11.2 Å². The Morgan fingerprint density at radius 3 is 2.71 bits per heavy atom. The molecule has 0 heterocycles. The monoisotopic (exact) mass is 199 g/mol. The van der Waals surface area contributed by atoms with Gasteiger partial charge < -0.3 is 14.8 Å². The van der Waals surface area contributed by atoms with Gasteiger partial charge in [-0.1, -0.05) is 12.8 Å². The molecule has 0 radical (unpaired) electrons. The molecule has 4 nitrogen and oxygen atoms in total. The minimum Gasteiger partial charge on any atom is -0.377 e. The van der Waals surface area contributed by atoms with Crippen molar-refractivity contribution in [3.05, 3.63) is 0 Å². The van der Waals surface area contributed by atoms with E-state index in [1.54, 1.807) is 0 Å². The number of carbonyl (C=O) groups excluding carboxylic acids is 1. The van der Waals surface area contributed by atoms with Gasteiger partial charge in [-0.15, -0.1) is 6.42 Å². The molecular formula is C10H17NO3. The Bertz CT molecular complexity index is 186. The van der Waals surface area contributed by atoms with Crippen LogP contribution in [0.2, 0.25) is 0 Å². The summed E-state index contributed by atoms with van der Waals surface area (Å²) in [7, 11) is 0. The molecule has 0 spiro atoms. The van der Waals surface area contributed by atoms with Crippen molar-refractivity contribution in [2.75, 3.05) is 33.0 Å². The zero-order valence-corrected chi connectivity index (χ0v) is 8.54. The number of carbonyl (C=O) groups is 1. The van der Waals surface area contributed by atoms with Crippen molar-refractivity contribution in [3.8, 4) is 12.3 Å². The van der Waals surface area contributed by atoms with E-state index in [0.717, 1.165) is 0 Å². The molecule has 1 N–H and O–H groups in total. The molecule has 0 aromatic rings. The first-order chi connectivity index (χ1) is 6.81. The van der Waals surface area contributed by atoms with Crippen LogP contribution in [0.15, 0.2) is 0 Å². The topological polar surface area (TPSA) is 47.6 Å². The van der Waals surface area contributed by atoms with Gasteiger partial charge in [0.25, 0.3) is 0 Å². The van der Waals surface area contributed by atoms with Crippen LogP contribution < -0.4 is 5.32 Å². The number of amides is 1. The third kappa shape index (κ3) is 9.04. The van der Waals surface area contributed by atoms with Crippen LogP contribution in [0, 0.1) is 12.3 Å². The number of terminal acetylenes is 1. The van der Waals surface area contributed by atoms with Gasteiger partial charge in [0.05, 0.1) is 19.8 Å². The molecule has 0 bridgehead atoms. The molecule has 0 aliphatic heterocycles. The molecule has 0 unspecified atom stereocenters. The highest BCUT2D eigenvalue weighted by Crippen LogP contribution is 1.78. The van der Waals surface area contributed by atoms with E-state index in [1.165, 1.54) is 0 Å². The highest BCUT2D eigenvalue weighted by molar-refractivity contribution is 5.75. The fourth-order valence-electron chi connectivity index (χ4n) is 0.739. The van der Waals surface area contributed by atoms with Crippen LogP contribution in [-0.2, 0) is 14.3 Å². The van der Waals surface area contributed by atoms with E-state index in [1.807, 2.05) is 6.92 Å². The first-order valence-corrected chi connectivity index (χ1v) is 4.67. The molecule has 0 aliphatic carbocycles. The Labute approximate surface area is 85.0 Å². The van der Waals surface area contributed by atoms with E-state index in [-0.39, 0.29) is 5.91 Å². The summed E-state index contributed by atoms with van der Waals surface area (Å²) in [5, 5.41) is 2.70. The van der Waals surface area contributed by atoms with Gasteiger partial charge in [0, 0.05) is 13.0 Å². The van der Waals surface area contributed by atoms with E-state index in [4.69, 9.17) is 15.9 Å². The minimum absolute atomic E-state index is 0.0391. The summed E-state index contributed by atoms with van der Waals surface area (Å²) >= 11 is 0. The molecule has 0 saturated carbocycles. The molecule has 14 heavy (non-hydrogen) atoms. The lowest BCUT2D eigenvalue weighted by Gasteiger charge is -2.05. The fraction of sp³-hybridized carbons (Fsp3) is 0.700. The largest absolute Gasteiger partial charge is 0.377 e. The maximum Gasteiger partial charge on any atom is 0.219 e. The Kier molecular flexibility index (Phi) is 9.28. The van der Waals surface area contributed by atoms with Crippen LogP contribution in [0.25, 0.3) is 0 Å². The number of rotatable bonds is 8. The number of ether oxygens (including phenoxy) is 2. The van der Waals surface area contributed by atoms with Gasteiger partial charge >= 0.3 is 0 Å². The van der Waals surface area contributed by atoms with Crippen molar-refractivity contribution < 1.29 is 14.3 Å². The van der Waals surface area contributed by atoms with Gasteiger partial charge in [-0.3, -0.25) is 4.79 Å². The Morgan fingerprint density at radius 2 is 2.07 bits per heavy atom. The zero-order chi connectivity index (χ0) is 10.6. The third-order valence-electron chi connectivity index (χ3n) is 1.45. The molecule has 0 fully saturated rings. The van der Waals surface area contributed by atoms with Crippen molar-refractivity contribution in [1.29, 1.82) is 0 Å². The van der Waals surface area contributed by atoms with Crippen LogP contribution in [0.1, 0.15) is 13.3 Å². The standard InChI is InChI=1S/C10H17NO3/c1-3-6-13-8-9-14-7-5-11-10(12)4-2/h1H,4-9H2,2H3,(H,11,12). The van der Waals surface area contributed by atoms with E-state index >= 15 is 0 Å². The highest BCUT2D eigenvalue weighted by atomic mass is 16.5. The summed E-state index contributed by atoms with van der Waals surface area (Å²) < 4.78 is 10.1. The Hall–Kier alpha value is -1.05. The van der Waals surface area contributed by atoms with E-state index in [9.17, 15) is 4.79 Å². The first kappa shape index (κ1) is 12.9. The molecule has 0 rings (SSSR count). The average molecular weight is 199 g/mol. The van der Waals surface area contributed by atoms with Crippen molar-refractivity contribution in [1.82, 2.24) is 5.32 Å². The summed E-state index contributed by atoms with van der Waals surface area (Å²) in [6.07, 6.45) is 5.48. The summed E-state index contributed by atoms with van der Waals surface area (Å²) in [4.78, 5) is 10.8. The number of hydrogen-bond donors (Lipinski definition) is 1. The number of nitrogens with one attached hydrogen (secondary N) is 1. The maximum atomic E-state index is 10.8. The molecule has 0 saturated heterocycles. The van der Waals surface area contributed by atoms with E-state index < -0.39 is 0 Å². The van der Waals surface area contributed by atoms with Crippen LogP contribution in [0.3, 0.4) is 0 Å². The summed E-state index contributed by atoms with van der Waals surface area (Å²) in [6, 6.07) is 0. The fourth-order valence-corrected chi connectivity index (χ4v) is 0.739. The van der Waals surface area contributed by atoms with Gasteiger partial charge in [0.1, 0.15) is 6.61 Å². The maximum absolute atomic E-state index is 10.8. The summed E-state index contributed by atoms with van der Waals surface area (Å²) in [5.74, 6) is 2.40. The number of hydrogen-bond acceptors (Lipinski definition) is 3. The molecule has 0 aliphatic rings. The van der Waals surface area contributed by atoms with Crippen LogP contribution in [0.4, 0.5) is 0 Å². The zero-order valence-electron chi connectivity index (χ0n) is 8.54. The van der Waals surface area contributed by atoms with Crippen molar-refractivity contribution >= 4 is 5.91 Å². The summed E-state index contributed by atoms with van der Waals surface area (Å²) in [6.45, 7) is 4.17. The lowest BCUT2D eigenvalue weighted by molar-refractivity contribution is -0.121. The molecule has 0 aromatic carbocycles. The lowest BCUT2D eigenvalue weighted by atomic mass is 10.4. The Balaban J connectivity index is 3.00. The third-order valence-corrected chi connectivity index (χ3v) is 1.45. The predicted molar refractivity (Wildman–Crippen MR) is 53.8 cm³/mol. The van der Waals surface area contributed by atoms with Crippen molar-refractivity contribution in [3.63, 3.8) is 0 Å². The molecule has 0 atom stereocenters. The first-order valence-electron chi connectivity index (χ1n) is 4.67. The molecule has 1 amide bonds. The van der Waals surface area contributed by atoms with Gasteiger partial charge in [0.15, 0.2) is 0 Å². The predicted octanol–water partition coefficient (Wildman–Crippen LogP) is 0.179. The van der Waals surface area contributed by atoms with Gasteiger partial charge in [-0.05, 0) is 0 Å². The summed E-state index contributed by atoms with van der Waals surface area (Å²) in [5.41, 5.74) is 0. The van der Waals surface area contributed by atoms with Crippen LogP contribution in [0.5, 0.6) is 0 Å². The lowest BCUT2D eigenvalue weighted by Crippen LogP contribution is -2.26. The highest BCUT2D eigenvalue weighted by Gasteiger charge is 1.94. The van der Waals surface area contributed by atoms with Gasteiger partial charge in [-0.25, -0.2) is 0 Å². The van der Waals surface area contributed by atoms with Crippen molar-refractivity contribution in [2.24, 2.45) is 0 Å². The smallest absolute Gasteiger partial charge is 0.219 e. The van der Waals surface area contributed by atoms with E-state index in [0.29, 0.717) is 39.4 Å². The second-order valence-electron chi connectivity index (χ2n) is 2.57. The van der Waals surface area contributed by atoms with Crippen LogP contribution in [-0.4, -0.2) is 38.9 Å². The minimum atomic E-state index is 0.0391. The van der Waals surface area contributed by atoms with Crippen LogP contribution >= 0.6 is 0 Å². The Morgan fingerprint density at radius 1 is 1.36 bits per heavy atom. The SMILES string of the molecule is C#CCOCCOCCNC(=O)CC. The van der Waals surface area contributed by atoms with Gasteiger partial charge in [0.2, 0.25) is 5.91 Å².